The van der Waals surface area contributed by atoms with Gasteiger partial charge in [0.25, 0.3) is 0 Å². The Kier molecular flexibility index (Phi) is 4.71. The minimum Gasteiger partial charge on any atom is -0.377 e. The van der Waals surface area contributed by atoms with E-state index in [1.54, 1.807) is 14.0 Å². The second-order valence-electron chi connectivity index (χ2n) is 5.68. The maximum Gasteiger partial charge on any atom is 0.168 e. The van der Waals surface area contributed by atoms with E-state index in [-0.39, 0.29) is 17.5 Å². The van der Waals surface area contributed by atoms with Crippen LogP contribution in [0.2, 0.25) is 0 Å². The molecule has 0 aromatic heterocycles. The van der Waals surface area contributed by atoms with Crippen LogP contribution in [0, 0.1) is 5.92 Å². The van der Waals surface area contributed by atoms with Gasteiger partial charge < -0.3 is 4.74 Å². The van der Waals surface area contributed by atoms with Gasteiger partial charge in [0.2, 0.25) is 0 Å². The van der Waals surface area contributed by atoms with E-state index in [2.05, 4.69) is 0 Å². The topological polar surface area (TPSA) is 43.4 Å². The Balaban J connectivity index is 2.30. The summed E-state index contributed by atoms with van der Waals surface area (Å²) in [6.07, 6.45) is 3.94. The zero-order valence-electron chi connectivity index (χ0n) is 12.2. The Bertz CT molecular complexity index is 480. The average Bonchev–Trinajstić information content (AvgIpc) is 2.47. The zero-order valence-corrected chi connectivity index (χ0v) is 12.2. The summed E-state index contributed by atoms with van der Waals surface area (Å²) in [5, 5.41) is 0. The van der Waals surface area contributed by atoms with Crippen LogP contribution in [-0.4, -0.2) is 24.3 Å². The zero-order chi connectivity index (χ0) is 14.6. The monoisotopic (exact) mass is 274 g/mol. The molecule has 0 bridgehead atoms. The maximum atomic E-state index is 12.8. The number of carbonyl (C=O) groups is 2. The second kappa shape index (κ2) is 6.31. The van der Waals surface area contributed by atoms with Crippen LogP contribution >= 0.6 is 0 Å². The number of ether oxygens (including phenoxy) is 1. The molecule has 2 rings (SSSR count). The summed E-state index contributed by atoms with van der Waals surface area (Å²) in [5.41, 5.74) is 0.0983. The van der Waals surface area contributed by atoms with Gasteiger partial charge in [0.15, 0.2) is 5.78 Å². The molecule has 2 unspecified atom stereocenters. The highest BCUT2D eigenvalue weighted by Crippen LogP contribution is 2.41. The lowest BCUT2D eigenvalue weighted by Crippen LogP contribution is -2.47. The number of rotatable bonds is 5. The van der Waals surface area contributed by atoms with E-state index in [1.165, 1.54) is 0 Å². The number of methoxy groups -OCH3 is 1. The highest BCUT2D eigenvalue weighted by Gasteiger charge is 2.45. The van der Waals surface area contributed by atoms with Gasteiger partial charge >= 0.3 is 0 Å². The minimum absolute atomic E-state index is 0.0830. The molecular weight excluding hydrogens is 252 g/mol. The number of carbonyl (C=O) groups excluding carboxylic acids is 2. The SMILES string of the molecule is COC1(CC(C)=O)CCCCC1C(=O)c1ccccc1. The van der Waals surface area contributed by atoms with Gasteiger partial charge in [-0.15, -0.1) is 0 Å². The molecule has 108 valence electrons. The Hall–Kier alpha value is -1.48. The van der Waals surface area contributed by atoms with E-state index >= 15 is 0 Å². The first-order valence-corrected chi connectivity index (χ1v) is 7.23. The van der Waals surface area contributed by atoms with Crippen LogP contribution in [0.5, 0.6) is 0 Å². The molecule has 0 spiro atoms. The molecule has 1 aromatic rings. The molecule has 3 nitrogen and oxygen atoms in total. The summed E-state index contributed by atoms with van der Waals surface area (Å²) in [6, 6.07) is 9.32. The number of Topliss-reactive ketones (excluding diaryl/α,β-unsaturated/α-hetero) is 2. The van der Waals surface area contributed by atoms with Crippen LogP contribution in [-0.2, 0) is 9.53 Å². The Labute approximate surface area is 120 Å². The van der Waals surface area contributed by atoms with Crippen LogP contribution < -0.4 is 0 Å². The molecule has 0 saturated heterocycles. The molecule has 3 heteroatoms. The molecule has 0 N–H and O–H groups in total. The van der Waals surface area contributed by atoms with Crippen molar-refractivity contribution >= 4 is 11.6 Å². The quantitative estimate of drug-likeness (QED) is 0.773. The molecule has 1 aliphatic carbocycles. The maximum absolute atomic E-state index is 12.8. The summed E-state index contributed by atoms with van der Waals surface area (Å²) >= 11 is 0. The largest absolute Gasteiger partial charge is 0.377 e. The van der Waals surface area contributed by atoms with Gasteiger partial charge in [-0.3, -0.25) is 9.59 Å². The van der Waals surface area contributed by atoms with E-state index in [9.17, 15) is 9.59 Å². The fraction of sp³-hybridized carbons (Fsp3) is 0.529. The normalized spacial score (nSPS) is 26.2. The van der Waals surface area contributed by atoms with E-state index < -0.39 is 5.60 Å². The van der Waals surface area contributed by atoms with Gasteiger partial charge in [0.1, 0.15) is 5.78 Å². The Morgan fingerprint density at radius 1 is 1.25 bits per heavy atom. The number of hydrogen-bond acceptors (Lipinski definition) is 3. The van der Waals surface area contributed by atoms with Gasteiger partial charge in [-0.2, -0.15) is 0 Å². The third-order valence-corrected chi connectivity index (χ3v) is 4.31. The van der Waals surface area contributed by atoms with Crippen LogP contribution in [0.15, 0.2) is 30.3 Å². The molecule has 0 heterocycles. The molecule has 1 fully saturated rings. The standard InChI is InChI=1S/C17H22O3/c1-13(18)12-17(20-2)11-7-6-10-15(17)16(19)14-8-4-3-5-9-14/h3-5,8-9,15H,6-7,10-12H2,1-2H3. The van der Waals surface area contributed by atoms with Crippen LogP contribution in [0.3, 0.4) is 0 Å². The molecule has 20 heavy (non-hydrogen) atoms. The molecule has 2 atom stereocenters. The lowest BCUT2D eigenvalue weighted by atomic mass is 9.69. The second-order valence-corrected chi connectivity index (χ2v) is 5.68. The molecule has 1 aromatic carbocycles. The van der Waals surface area contributed by atoms with Crippen LogP contribution in [0.25, 0.3) is 0 Å². The summed E-state index contributed by atoms with van der Waals surface area (Å²) in [7, 11) is 1.62. The van der Waals surface area contributed by atoms with Crippen molar-refractivity contribution in [2.24, 2.45) is 5.92 Å². The summed E-state index contributed by atoms with van der Waals surface area (Å²) in [5.74, 6) is -0.0273. The van der Waals surface area contributed by atoms with Crippen LogP contribution in [0.4, 0.5) is 0 Å². The fourth-order valence-corrected chi connectivity index (χ4v) is 3.33. The average molecular weight is 274 g/mol. The number of benzene rings is 1. The van der Waals surface area contributed by atoms with Crippen LogP contribution in [0.1, 0.15) is 49.4 Å². The highest BCUT2D eigenvalue weighted by molar-refractivity contribution is 5.99. The summed E-state index contributed by atoms with van der Waals surface area (Å²) < 4.78 is 5.70. The first-order valence-electron chi connectivity index (χ1n) is 7.23. The van der Waals surface area contributed by atoms with Gasteiger partial charge in [-0.05, 0) is 19.8 Å². The lowest BCUT2D eigenvalue weighted by Gasteiger charge is -2.41. The lowest BCUT2D eigenvalue weighted by molar-refractivity contribution is -0.129. The fourth-order valence-electron chi connectivity index (χ4n) is 3.33. The van der Waals surface area contributed by atoms with Crippen molar-refractivity contribution in [2.75, 3.05) is 7.11 Å². The predicted octanol–water partition coefficient (Wildman–Crippen LogP) is 3.42. The summed E-state index contributed by atoms with van der Waals surface area (Å²) in [4.78, 5) is 24.4. The van der Waals surface area contributed by atoms with Crippen molar-refractivity contribution in [3.8, 4) is 0 Å². The number of hydrogen-bond donors (Lipinski definition) is 0. The van der Waals surface area contributed by atoms with Gasteiger partial charge in [0.05, 0.1) is 11.5 Å². The van der Waals surface area contributed by atoms with Gasteiger partial charge in [0, 0.05) is 19.1 Å². The molecule has 1 saturated carbocycles. The Morgan fingerprint density at radius 3 is 2.55 bits per heavy atom. The molecule has 0 radical (unpaired) electrons. The third-order valence-electron chi connectivity index (χ3n) is 4.31. The summed E-state index contributed by atoms with van der Waals surface area (Å²) in [6.45, 7) is 1.57. The highest BCUT2D eigenvalue weighted by atomic mass is 16.5. The molecule has 0 amide bonds. The van der Waals surface area contributed by atoms with E-state index in [0.29, 0.717) is 12.0 Å². The van der Waals surface area contributed by atoms with Crippen molar-refractivity contribution in [2.45, 2.75) is 44.6 Å². The van der Waals surface area contributed by atoms with E-state index in [4.69, 9.17) is 4.74 Å². The van der Waals surface area contributed by atoms with E-state index in [0.717, 1.165) is 25.7 Å². The van der Waals surface area contributed by atoms with Gasteiger partial charge in [-0.25, -0.2) is 0 Å². The van der Waals surface area contributed by atoms with Gasteiger partial charge in [-0.1, -0.05) is 43.2 Å². The predicted molar refractivity (Wildman–Crippen MR) is 77.8 cm³/mol. The van der Waals surface area contributed by atoms with Crippen molar-refractivity contribution < 1.29 is 14.3 Å². The smallest absolute Gasteiger partial charge is 0.168 e. The number of ketones is 2. The van der Waals surface area contributed by atoms with Crippen molar-refractivity contribution in [1.82, 2.24) is 0 Å². The molecule has 0 aliphatic heterocycles. The molecular formula is C17H22O3. The first kappa shape index (κ1) is 14.9. The van der Waals surface area contributed by atoms with Crippen molar-refractivity contribution in [1.29, 1.82) is 0 Å². The van der Waals surface area contributed by atoms with E-state index in [1.807, 2.05) is 30.3 Å². The molecule has 1 aliphatic rings. The first-order chi connectivity index (χ1) is 9.59. The minimum atomic E-state index is -0.614. The third kappa shape index (κ3) is 2.98. The Morgan fingerprint density at radius 2 is 1.95 bits per heavy atom. The van der Waals surface area contributed by atoms with Crippen molar-refractivity contribution in [3.05, 3.63) is 35.9 Å². The van der Waals surface area contributed by atoms with Crippen molar-refractivity contribution in [3.63, 3.8) is 0 Å².